The monoisotopic (exact) mass is 433 g/mol. The van der Waals surface area contributed by atoms with Gasteiger partial charge in [-0.25, -0.2) is 0 Å². The van der Waals surface area contributed by atoms with Crippen molar-refractivity contribution in [2.45, 2.75) is 25.3 Å². The number of primary amides is 1. The van der Waals surface area contributed by atoms with Gasteiger partial charge in [-0.15, -0.1) is 0 Å². The molecular weight excluding hydrogens is 414 g/mol. The molecule has 0 aliphatic carbocycles. The van der Waals surface area contributed by atoms with E-state index < -0.39 is 34.7 Å². The highest BCUT2D eigenvalue weighted by molar-refractivity contribution is 6.30. The summed E-state index contributed by atoms with van der Waals surface area (Å²) in [6.07, 6.45) is -0.264. The molecule has 0 unspecified atom stereocenters. The van der Waals surface area contributed by atoms with Crippen LogP contribution in [0, 0.1) is 10.1 Å². The van der Waals surface area contributed by atoms with Crippen LogP contribution in [0.2, 0.25) is 5.02 Å². The summed E-state index contributed by atoms with van der Waals surface area (Å²) in [4.78, 5) is 47.2. The summed E-state index contributed by atoms with van der Waals surface area (Å²) < 4.78 is 4.96. The number of hydrogen-bond acceptors (Lipinski definition) is 6. The first-order valence-corrected chi connectivity index (χ1v) is 9.36. The first kappa shape index (κ1) is 22.8. The molecule has 2 rings (SSSR count). The van der Waals surface area contributed by atoms with Crippen LogP contribution in [0.15, 0.2) is 48.5 Å². The second-order valence-corrected chi connectivity index (χ2v) is 6.76. The molecule has 9 nitrogen and oxygen atoms in total. The highest BCUT2D eigenvalue weighted by Crippen LogP contribution is 2.27. The molecule has 0 aromatic heterocycles. The number of nitro benzene ring substituents is 1. The standard InChI is InChI=1S/C20H20ClN3O6/c1-2-30-17(25)11-16(12-5-9-15(10-6-12)24(28)29)18(19(22)26)23-20(27)13-3-7-14(21)8-4-13/h3-10,16,18H,2,11H2,1H3,(H2,22,26)(H,23,27)/t16-,18+/m0/s1. The normalized spacial score (nSPS) is 12.5. The van der Waals surface area contributed by atoms with Gasteiger partial charge in [0.05, 0.1) is 18.0 Å². The lowest BCUT2D eigenvalue weighted by molar-refractivity contribution is -0.384. The number of hydrogen-bond donors (Lipinski definition) is 2. The molecule has 0 saturated heterocycles. The lowest BCUT2D eigenvalue weighted by atomic mass is 9.87. The summed E-state index contributed by atoms with van der Waals surface area (Å²) in [7, 11) is 0. The van der Waals surface area contributed by atoms with Crippen LogP contribution in [0.1, 0.15) is 35.2 Å². The lowest BCUT2D eigenvalue weighted by Gasteiger charge is -2.25. The fourth-order valence-electron chi connectivity index (χ4n) is 2.87. The van der Waals surface area contributed by atoms with E-state index in [1.807, 2.05) is 0 Å². The second kappa shape index (κ2) is 10.4. The van der Waals surface area contributed by atoms with Crippen molar-refractivity contribution in [2.75, 3.05) is 6.61 Å². The topological polar surface area (TPSA) is 142 Å². The third-order valence-electron chi connectivity index (χ3n) is 4.33. The summed E-state index contributed by atoms with van der Waals surface area (Å²) >= 11 is 5.82. The van der Waals surface area contributed by atoms with Gasteiger partial charge in [0.1, 0.15) is 6.04 Å². The van der Waals surface area contributed by atoms with Crippen molar-refractivity contribution < 1.29 is 24.0 Å². The third kappa shape index (κ3) is 6.02. The molecular formula is C20H20ClN3O6. The minimum absolute atomic E-state index is 0.129. The van der Waals surface area contributed by atoms with Gasteiger partial charge >= 0.3 is 5.97 Å². The number of carbonyl (C=O) groups is 3. The molecule has 2 aromatic carbocycles. The predicted octanol–water partition coefficient (Wildman–Crippen LogP) is 2.57. The van der Waals surface area contributed by atoms with E-state index in [1.54, 1.807) is 6.92 Å². The van der Waals surface area contributed by atoms with Crippen molar-refractivity contribution in [3.05, 3.63) is 74.8 Å². The number of non-ortho nitro benzene ring substituents is 1. The maximum Gasteiger partial charge on any atom is 0.306 e. The largest absolute Gasteiger partial charge is 0.466 e. The second-order valence-electron chi connectivity index (χ2n) is 6.32. The van der Waals surface area contributed by atoms with Crippen LogP contribution in [-0.2, 0) is 14.3 Å². The fourth-order valence-corrected chi connectivity index (χ4v) is 2.99. The summed E-state index contributed by atoms with van der Waals surface area (Å²) in [6, 6.07) is 10.0. The molecule has 0 saturated carbocycles. The van der Waals surface area contributed by atoms with Crippen molar-refractivity contribution in [1.29, 1.82) is 0 Å². The SMILES string of the molecule is CCOC(=O)C[C@@H](c1ccc([N+](=O)[O-])cc1)[C@@H](NC(=O)c1ccc(Cl)cc1)C(N)=O. The van der Waals surface area contributed by atoms with E-state index >= 15 is 0 Å². The van der Waals surface area contributed by atoms with Crippen molar-refractivity contribution in [2.24, 2.45) is 5.73 Å². The maximum atomic E-state index is 12.6. The Morgan fingerprint density at radius 3 is 2.23 bits per heavy atom. The highest BCUT2D eigenvalue weighted by Gasteiger charge is 2.32. The number of benzene rings is 2. The molecule has 0 heterocycles. The first-order chi connectivity index (χ1) is 14.2. The van der Waals surface area contributed by atoms with Gasteiger partial charge in [-0.05, 0) is 36.8 Å². The smallest absolute Gasteiger partial charge is 0.306 e. The van der Waals surface area contributed by atoms with Gasteiger partial charge in [-0.2, -0.15) is 0 Å². The molecule has 10 heteroatoms. The van der Waals surface area contributed by atoms with E-state index in [1.165, 1.54) is 48.5 Å². The summed E-state index contributed by atoms with van der Waals surface area (Å²) in [6.45, 7) is 1.76. The molecule has 158 valence electrons. The number of nitrogens with one attached hydrogen (secondary N) is 1. The van der Waals surface area contributed by atoms with E-state index in [0.29, 0.717) is 10.6 Å². The number of esters is 1. The van der Waals surface area contributed by atoms with Gasteiger partial charge in [0, 0.05) is 28.6 Å². The lowest BCUT2D eigenvalue weighted by Crippen LogP contribution is -2.48. The third-order valence-corrected chi connectivity index (χ3v) is 4.58. The van der Waals surface area contributed by atoms with Crippen LogP contribution < -0.4 is 11.1 Å². The molecule has 0 spiro atoms. The summed E-state index contributed by atoms with van der Waals surface area (Å²) in [5, 5.41) is 13.9. The molecule has 30 heavy (non-hydrogen) atoms. The zero-order chi connectivity index (χ0) is 22.3. The van der Waals surface area contributed by atoms with E-state index in [9.17, 15) is 24.5 Å². The molecule has 3 N–H and O–H groups in total. The Labute approximate surface area is 177 Å². The Kier molecular flexibility index (Phi) is 7.88. The minimum Gasteiger partial charge on any atom is -0.466 e. The zero-order valence-corrected chi connectivity index (χ0v) is 16.8. The average Bonchev–Trinajstić information content (AvgIpc) is 2.71. The molecule has 2 atom stereocenters. The minimum atomic E-state index is -1.26. The Bertz CT molecular complexity index is 931. The molecule has 0 fully saturated rings. The van der Waals surface area contributed by atoms with Crippen molar-refractivity contribution >= 4 is 35.1 Å². The fraction of sp³-hybridized carbons (Fsp3) is 0.250. The number of halogens is 1. The Balaban J connectivity index is 2.36. The number of nitrogens with two attached hydrogens (primary N) is 1. The van der Waals surface area contributed by atoms with E-state index in [4.69, 9.17) is 22.1 Å². The first-order valence-electron chi connectivity index (χ1n) is 8.98. The predicted molar refractivity (Wildman–Crippen MR) is 109 cm³/mol. The van der Waals surface area contributed by atoms with E-state index in [0.717, 1.165) is 0 Å². The molecule has 2 amide bonds. The van der Waals surface area contributed by atoms with Gasteiger partial charge in [-0.3, -0.25) is 24.5 Å². The number of amides is 2. The number of rotatable bonds is 9. The van der Waals surface area contributed by atoms with Gasteiger partial charge in [0.25, 0.3) is 11.6 Å². The van der Waals surface area contributed by atoms with Crippen LogP contribution in [0.3, 0.4) is 0 Å². The van der Waals surface area contributed by atoms with Crippen LogP contribution in [0.25, 0.3) is 0 Å². The number of nitro groups is 1. The van der Waals surface area contributed by atoms with Gasteiger partial charge in [0.15, 0.2) is 0 Å². The van der Waals surface area contributed by atoms with Crippen LogP contribution in [0.5, 0.6) is 0 Å². The quantitative estimate of drug-likeness (QED) is 0.353. The molecule has 0 radical (unpaired) electrons. The Morgan fingerprint density at radius 1 is 1.13 bits per heavy atom. The number of ether oxygens (including phenoxy) is 1. The number of nitrogens with zero attached hydrogens (tertiary/aromatic N) is 1. The van der Waals surface area contributed by atoms with Gasteiger partial charge in [-0.1, -0.05) is 23.7 Å². The van der Waals surface area contributed by atoms with Gasteiger partial charge < -0.3 is 15.8 Å². The van der Waals surface area contributed by atoms with Crippen molar-refractivity contribution in [1.82, 2.24) is 5.32 Å². The summed E-state index contributed by atoms with van der Waals surface area (Å²) in [5.41, 5.74) is 6.01. The Morgan fingerprint density at radius 2 is 1.73 bits per heavy atom. The van der Waals surface area contributed by atoms with E-state index in [-0.39, 0.29) is 24.3 Å². The average molecular weight is 434 g/mol. The molecule has 0 bridgehead atoms. The summed E-state index contributed by atoms with van der Waals surface area (Å²) in [5.74, 6) is -2.96. The maximum absolute atomic E-state index is 12.6. The molecule has 0 aliphatic rings. The zero-order valence-electron chi connectivity index (χ0n) is 16.0. The number of carbonyl (C=O) groups excluding carboxylic acids is 3. The van der Waals surface area contributed by atoms with Crippen LogP contribution in [0.4, 0.5) is 5.69 Å². The highest BCUT2D eigenvalue weighted by atomic mass is 35.5. The van der Waals surface area contributed by atoms with Gasteiger partial charge in [0.2, 0.25) is 5.91 Å². The van der Waals surface area contributed by atoms with E-state index in [2.05, 4.69) is 5.32 Å². The molecule has 2 aromatic rings. The van der Waals surface area contributed by atoms with Crippen molar-refractivity contribution in [3.63, 3.8) is 0 Å². The van der Waals surface area contributed by atoms with Crippen LogP contribution >= 0.6 is 11.6 Å². The Hall–Kier alpha value is -3.46. The van der Waals surface area contributed by atoms with Crippen molar-refractivity contribution in [3.8, 4) is 0 Å². The van der Waals surface area contributed by atoms with Crippen LogP contribution in [-0.4, -0.2) is 35.4 Å². The molecule has 0 aliphatic heterocycles.